The standard InChI is InChI=1S/C11H15N5O3Se/c1-20-2-5-7(17)8(18)11(19-5)16-4-15-6-9(12)13-3-14-10(6)16/h3-5,7-8,11,17-18H,2H2,1H3,(H2,12,13,14)/t5-,7-,8-,11-/m1/s1. The van der Waals surface area contributed by atoms with Gasteiger partial charge < -0.3 is 0 Å². The van der Waals surface area contributed by atoms with Gasteiger partial charge in [-0.2, -0.15) is 0 Å². The summed E-state index contributed by atoms with van der Waals surface area (Å²) in [5, 5.41) is 20.9. The molecule has 8 nitrogen and oxygen atoms in total. The summed E-state index contributed by atoms with van der Waals surface area (Å²) < 4.78 is 7.34. The van der Waals surface area contributed by atoms with Crippen LogP contribution in [0.5, 0.6) is 0 Å². The summed E-state index contributed by atoms with van der Waals surface area (Å²) in [5.74, 6) is 2.33. The molecule has 0 saturated carbocycles. The summed E-state index contributed by atoms with van der Waals surface area (Å²) in [6, 6.07) is 0. The third-order valence-electron chi connectivity index (χ3n) is 3.33. The van der Waals surface area contributed by atoms with E-state index in [-0.39, 0.29) is 11.9 Å². The van der Waals surface area contributed by atoms with Gasteiger partial charge in [0, 0.05) is 0 Å². The summed E-state index contributed by atoms with van der Waals surface area (Å²) >= 11 is 0.351. The number of aliphatic hydroxyl groups is 2. The minimum absolute atomic E-state index is 0.273. The Morgan fingerprint density at radius 1 is 1.35 bits per heavy atom. The number of nitrogens with zero attached hydrogens (tertiary/aromatic N) is 4. The number of rotatable bonds is 3. The molecule has 1 aliphatic rings. The number of anilines is 1. The molecule has 108 valence electrons. The van der Waals surface area contributed by atoms with Crippen molar-refractivity contribution in [2.75, 3.05) is 5.73 Å². The second-order valence-corrected chi connectivity index (χ2v) is 6.50. The number of nitrogens with two attached hydrogens (primary N) is 1. The fraction of sp³-hybridized carbons (Fsp3) is 0.545. The molecule has 20 heavy (non-hydrogen) atoms. The monoisotopic (exact) mass is 345 g/mol. The quantitative estimate of drug-likeness (QED) is 0.624. The number of ether oxygens (including phenoxy) is 1. The molecule has 0 aromatic carbocycles. The van der Waals surface area contributed by atoms with E-state index in [2.05, 4.69) is 20.8 Å². The maximum absolute atomic E-state index is 10.2. The van der Waals surface area contributed by atoms with Crippen LogP contribution in [-0.4, -0.2) is 63.0 Å². The molecule has 2 aromatic rings. The molecule has 9 heteroatoms. The number of imidazole rings is 1. The van der Waals surface area contributed by atoms with Gasteiger partial charge in [0.2, 0.25) is 0 Å². The van der Waals surface area contributed by atoms with Crippen molar-refractivity contribution in [3.05, 3.63) is 12.7 Å². The molecule has 1 fully saturated rings. The van der Waals surface area contributed by atoms with Crippen LogP contribution < -0.4 is 5.73 Å². The fourth-order valence-corrected chi connectivity index (χ4v) is 3.59. The van der Waals surface area contributed by atoms with Gasteiger partial charge in [-0.1, -0.05) is 0 Å². The molecular formula is C11H15N5O3Se. The van der Waals surface area contributed by atoms with Gasteiger partial charge in [0.05, 0.1) is 0 Å². The predicted molar refractivity (Wildman–Crippen MR) is 72.1 cm³/mol. The Labute approximate surface area is 121 Å². The second-order valence-electron chi connectivity index (χ2n) is 4.58. The Morgan fingerprint density at radius 3 is 2.90 bits per heavy atom. The van der Waals surface area contributed by atoms with E-state index in [1.807, 2.05) is 0 Å². The number of aliphatic hydroxyl groups excluding tert-OH is 2. The van der Waals surface area contributed by atoms with Crippen molar-refractivity contribution in [1.29, 1.82) is 0 Å². The zero-order valence-corrected chi connectivity index (χ0v) is 12.5. The Kier molecular flexibility index (Phi) is 3.61. The molecule has 0 unspecified atom stereocenters. The molecule has 1 aliphatic heterocycles. The first-order valence-corrected chi connectivity index (χ1v) is 8.99. The van der Waals surface area contributed by atoms with E-state index in [4.69, 9.17) is 10.5 Å². The van der Waals surface area contributed by atoms with Crippen molar-refractivity contribution in [2.45, 2.75) is 35.7 Å². The molecule has 0 aliphatic carbocycles. The molecule has 2 aromatic heterocycles. The van der Waals surface area contributed by atoms with E-state index < -0.39 is 18.4 Å². The van der Waals surface area contributed by atoms with E-state index in [9.17, 15) is 10.2 Å². The van der Waals surface area contributed by atoms with Crippen LogP contribution in [0.25, 0.3) is 11.2 Å². The van der Waals surface area contributed by atoms with E-state index >= 15 is 0 Å². The third kappa shape index (κ3) is 2.07. The van der Waals surface area contributed by atoms with E-state index in [1.54, 1.807) is 4.57 Å². The molecule has 0 radical (unpaired) electrons. The van der Waals surface area contributed by atoms with Crippen LogP contribution in [0, 0.1) is 0 Å². The van der Waals surface area contributed by atoms with Crippen LogP contribution in [0.1, 0.15) is 6.23 Å². The Balaban J connectivity index is 1.97. The van der Waals surface area contributed by atoms with Gasteiger partial charge in [0.15, 0.2) is 0 Å². The number of aromatic nitrogens is 4. The third-order valence-corrected chi connectivity index (χ3v) is 4.72. The van der Waals surface area contributed by atoms with Crippen molar-refractivity contribution < 1.29 is 14.9 Å². The van der Waals surface area contributed by atoms with E-state index in [1.165, 1.54) is 12.7 Å². The van der Waals surface area contributed by atoms with Crippen LogP contribution in [0.4, 0.5) is 5.82 Å². The first-order valence-electron chi connectivity index (χ1n) is 6.07. The Bertz CT molecular complexity index is 621. The Morgan fingerprint density at radius 2 is 2.15 bits per heavy atom. The number of hydrogen-bond donors (Lipinski definition) is 3. The van der Waals surface area contributed by atoms with Crippen molar-refractivity contribution in [1.82, 2.24) is 19.5 Å². The van der Waals surface area contributed by atoms with Crippen LogP contribution in [0.15, 0.2) is 12.7 Å². The summed E-state index contributed by atoms with van der Waals surface area (Å²) in [6.45, 7) is 0. The average Bonchev–Trinajstić information content (AvgIpc) is 2.97. The predicted octanol–water partition coefficient (Wildman–Crippen LogP) is -0.802. The number of nitrogen functional groups attached to an aromatic ring is 1. The zero-order chi connectivity index (χ0) is 14.3. The summed E-state index contributed by atoms with van der Waals surface area (Å²) in [7, 11) is 0. The van der Waals surface area contributed by atoms with Crippen molar-refractivity contribution >= 4 is 31.9 Å². The van der Waals surface area contributed by atoms with Crippen LogP contribution in [0.2, 0.25) is 11.1 Å². The topological polar surface area (TPSA) is 119 Å². The summed E-state index contributed by atoms with van der Waals surface area (Å²) in [4.78, 5) is 12.1. The van der Waals surface area contributed by atoms with Gasteiger partial charge in [-0.05, 0) is 0 Å². The first kappa shape index (κ1) is 13.7. The second kappa shape index (κ2) is 5.27. The molecular weight excluding hydrogens is 329 g/mol. The molecule has 4 atom stereocenters. The van der Waals surface area contributed by atoms with Gasteiger partial charge in [-0.3, -0.25) is 0 Å². The van der Waals surface area contributed by atoms with E-state index in [0.29, 0.717) is 26.1 Å². The first-order chi connectivity index (χ1) is 9.63. The van der Waals surface area contributed by atoms with Crippen molar-refractivity contribution in [3.8, 4) is 0 Å². The molecule has 0 amide bonds. The Hall–Kier alpha value is -1.25. The van der Waals surface area contributed by atoms with Gasteiger partial charge >= 0.3 is 120 Å². The molecule has 3 rings (SSSR count). The minimum atomic E-state index is -1.02. The number of fused-ring (bicyclic) bond motifs is 1. The van der Waals surface area contributed by atoms with Crippen molar-refractivity contribution in [2.24, 2.45) is 0 Å². The molecule has 0 spiro atoms. The molecule has 4 N–H and O–H groups in total. The van der Waals surface area contributed by atoms with Gasteiger partial charge in [-0.25, -0.2) is 0 Å². The van der Waals surface area contributed by atoms with Gasteiger partial charge in [0.25, 0.3) is 0 Å². The SMILES string of the molecule is C[Se]C[C@H]1O[C@@H](n2cnc3c(N)ncnc32)[C@H](O)[C@@H]1O. The van der Waals surface area contributed by atoms with Gasteiger partial charge in [-0.15, -0.1) is 0 Å². The summed E-state index contributed by atoms with van der Waals surface area (Å²) in [5.41, 5.74) is 6.67. The molecule has 3 heterocycles. The average molecular weight is 344 g/mol. The number of hydrogen-bond acceptors (Lipinski definition) is 7. The maximum atomic E-state index is 10.2. The summed E-state index contributed by atoms with van der Waals surface area (Å²) in [6.07, 6.45) is -0.168. The van der Waals surface area contributed by atoms with Gasteiger partial charge in [0.1, 0.15) is 0 Å². The van der Waals surface area contributed by atoms with Crippen LogP contribution in [0.3, 0.4) is 0 Å². The molecule has 1 saturated heterocycles. The van der Waals surface area contributed by atoms with Crippen LogP contribution >= 0.6 is 0 Å². The zero-order valence-electron chi connectivity index (χ0n) is 10.7. The normalized spacial score (nSPS) is 30.1. The van der Waals surface area contributed by atoms with Crippen molar-refractivity contribution in [3.63, 3.8) is 0 Å². The van der Waals surface area contributed by atoms with E-state index in [0.717, 1.165) is 5.32 Å². The van der Waals surface area contributed by atoms with Crippen LogP contribution in [-0.2, 0) is 4.74 Å². The fourth-order valence-electron chi connectivity index (χ4n) is 2.32. The molecule has 0 bridgehead atoms.